The summed E-state index contributed by atoms with van der Waals surface area (Å²) < 4.78 is 34.6. The number of nitrogens with one attached hydrogen (secondary N) is 1. The molecule has 1 amide bonds. The van der Waals surface area contributed by atoms with Crippen molar-refractivity contribution < 1.29 is 48.0 Å². The number of aromatic nitrogens is 3. The van der Waals surface area contributed by atoms with Gasteiger partial charge in [0.1, 0.15) is 29.2 Å². The molecular weight excluding hydrogens is 693 g/mol. The van der Waals surface area contributed by atoms with Crippen LogP contribution in [-0.2, 0) is 25.7 Å². The summed E-state index contributed by atoms with van der Waals surface area (Å²) >= 11 is 0. The van der Waals surface area contributed by atoms with Crippen molar-refractivity contribution in [3.63, 3.8) is 0 Å². The number of halogens is 1. The van der Waals surface area contributed by atoms with Crippen molar-refractivity contribution in [2.24, 2.45) is 5.73 Å². The fraction of sp³-hybridized carbons (Fsp3) is 0.243. The molecule has 278 valence electrons. The van der Waals surface area contributed by atoms with Gasteiger partial charge in [-0.3, -0.25) is 33.6 Å². The van der Waals surface area contributed by atoms with Crippen LogP contribution < -0.4 is 26.1 Å². The van der Waals surface area contributed by atoms with Crippen LogP contribution in [0.4, 0.5) is 10.1 Å². The van der Waals surface area contributed by atoms with Gasteiger partial charge in [-0.1, -0.05) is 18.2 Å². The van der Waals surface area contributed by atoms with E-state index < -0.39 is 47.3 Å². The number of hydrogen-bond acceptors (Lipinski definition) is 10. The van der Waals surface area contributed by atoms with E-state index in [0.29, 0.717) is 33.8 Å². The van der Waals surface area contributed by atoms with Gasteiger partial charge in [0.25, 0.3) is 11.5 Å². The van der Waals surface area contributed by atoms with E-state index in [2.05, 4.69) is 10.3 Å². The summed E-state index contributed by atoms with van der Waals surface area (Å²) in [6.07, 6.45) is 0.287. The van der Waals surface area contributed by atoms with Gasteiger partial charge < -0.3 is 35.5 Å². The zero-order valence-electron chi connectivity index (χ0n) is 29.2. The highest BCUT2D eigenvalue weighted by molar-refractivity contribution is 6.05. The Kier molecular flexibility index (Phi) is 13.0. The van der Waals surface area contributed by atoms with E-state index in [-0.39, 0.29) is 36.4 Å². The van der Waals surface area contributed by atoms with Crippen LogP contribution in [0.3, 0.4) is 0 Å². The monoisotopic (exact) mass is 731 g/mol. The first-order chi connectivity index (χ1) is 25.2. The van der Waals surface area contributed by atoms with Crippen molar-refractivity contribution in [1.29, 1.82) is 0 Å². The molecule has 5 rings (SSSR count). The third-order valence-electron chi connectivity index (χ3n) is 7.62. The minimum Gasteiger partial charge on any atom is -0.497 e. The largest absolute Gasteiger partial charge is 0.497 e. The van der Waals surface area contributed by atoms with Gasteiger partial charge in [-0.15, -0.1) is 0 Å². The number of ether oxygens (including phenoxy) is 3. The summed E-state index contributed by atoms with van der Waals surface area (Å²) in [6.45, 7) is 4.86. The number of carboxylic acids is 2. The molecule has 0 radical (unpaired) electrons. The van der Waals surface area contributed by atoms with E-state index in [0.717, 1.165) is 6.07 Å². The molecule has 2 atom stereocenters. The lowest BCUT2D eigenvalue weighted by atomic mass is 10.2. The lowest BCUT2D eigenvalue weighted by molar-refractivity contribution is -0.150. The summed E-state index contributed by atoms with van der Waals surface area (Å²) in [6, 6.07) is 18.8. The summed E-state index contributed by atoms with van der Waals surface area (Å²) in [7, 11) is 1.55. The maximum absolute atomic E-state index is 15.2. The number of pyridine rings is 1. The molecule has 0 saturated heterocycles. The van der Waals surface area contributed by atoms with Gasteiger partial charge in [0.05, 0.1) is 43.4 Å². The van der Waals surface area contributed by atoms with Crippen LogP contribution in [0.15, 0.2) is 83.8 Å². The Balaban J connectivity index is 0.000000703. The number of anilines is 1. The van der Waals surface area contributed by atoms with E-state index in [4.69, 9.17) is 30.2 Å². The molecule has 15 nitrogen and oxygen atoms in total. The molecule has 0 bridgehead atoms. The fourth-order valence-corrected chi connectivity index (χ4v) is 5.05. The Hall–Kier alpha value is -6.55. The molecule has 0 spiro atoms. The van der Waals surface area contributed by atoms with Crippen molar-refractivity contribution in [3.05, 3.63) is 106 Å². The van der Waals surface area contributed by atoms with Gasteiger partial charge in [-0.25, -0.2) is 9.07 Å². The van der Waals surface area contributed by atoms with Gasteiger partial charge in [0.15, 0.2) is 11.6 Å². The number of amides is 1. The second kappa shape index (κ2) is 17.6. The highest BCUT2D eigenvalue weighted by Crippen LogP contribution is 2.33. The number of nitrogens with zero attached hydrogens (tertiary/aromatic N) is 3. The molecule has 0 unspecified atom stereocenters. The predicted molar refractivity (Wildman–Crippen MR) is 191 cm³/mol. The van der Waals surface area contributed by atoms with Gasteiger partial charge >= 0.3 is 17.9 Å². The van der Waals surface area contributed by atoms with E-state index in [1.54, 1.807) is 86.4 Å². The molecular formula is C37H38FN5O10. The molecule has 2 heterocycles. The Morgan fingerprint density at radius 3 is 2.23 bits per heavy atom. The molecule has 0 fully saturated rings. The average molecular weight is 732 g/mol. The summed E-state index contributed by atoms with van der Waals surface area (Å²) in [5.41, 5.74) is 6.45. The second-order valence-electron chi connectivity index (χ2n) is 11.7. The minimum absolute atomic E-state index is 0.0683. The zero-order valence-corrected chi connectivity index (χ0v) is 29.2. The van der Waals surface area contributed by atoms with E-state index >= 15 is 4.39 Å². The van der Waals surface area contributed by atoms with Gasteiger partial charge in [0.2, 0.25) is 0 Å². The van der Waals surface area contributed by atoms with Crippen molar-refractivity contribution in [3.8, 4) is 22.9 Å². The van der Waals surface area contributed by atoms with Crippen molar-refractivity contribution in [1.82, 2.24) is 14.3 Å². The number of rotatable bonds is 13. The zero-order chi connectivity index (χ0) is 38.8. The molecule has 5 aromatic rings. The number of hydrogen-bond donors (Lipinski definition) is 4. The Bertz CT molecular complexity index is 2170. The van der Waals surface area contributed by atoms with Crippen LogP contribution in [0, 0.1) is 12.7 Å². The molecule has 0 aliphatic carbocycles. The third-order valence-corrected chi connectivity index (χ3v) is 7.62. The van der Waals surface area contributed by atoms with Crippen LogP contribution in [0.5, 0.6) is 17.2 Å². The van der Waals surface area contributed by atoms with Crippen molar-refractivity contribution in [2.75, 3.05) is 12.4 Å². The normalized spacial score (nSPS) is 11.8. The number of para-hydroxylation sites is 1. The molecule has 0 aliphatic heterocycles. The maximum atomic E-state index is 15.2. The smallest absolute Gasteiger partial charge is 0.322 e. The summed E-state index contributed by atoms with van der Waals surface area (Å²) in [5.74, 6) is -3.27. The Morgan fingerprint density at radius 1 is 0.943 bits per heavy atom. The number of carbonyl (C=O) groups is 4. The molecule has 2 aromatic heterocycles. The molecule has 16 heteroatoms. The first kappa shape index (κ1) is 39.2. The standard InChI is InChI=1S/C33H32FN5O6.C4H6O4/c1-19(44-33(42)20(2)35)18-38-21(3)30(32(41)39(38)23-8-6-5-7-9-23)31(40)37-22-10-13-29(26(34)16-22)45-28-14-15-36-27-17-24(43-4)11-12-25(27)28;5-3(6)1-2-4(7)8/h5-17,19-20H,18,35H2,1-4H3,(H,37,40);1-2H2,(H,5,6)(H,7,8)/t19-,20+;/m1./s1. The highest BCUT2D eigenvalue weighted by Gasteiger charge is 2.26. The lowest BCUT2D eigenvalue weighted by Gasteiger charge is -2.19. The number of esters is 1. The molecule has 0 saturated carbocycles. The lowest BCUT2D eigenvalue weighted by Crippen LogP contribution is -2.34. The number of carbonyl (C=O) groups excluding carboxylic acids is 2. The highest BCUT2D eigenvalue weighted by atomic mass is 19.1. The molecule has 53 heavy (non-hydrogen) atoms. The third kappa shape index (κ3) is 10.0. The number of carboxylic acid groups (broad SMARTS) is 2. The molecule has 3 aromatic carbocycles. The first-order valence-corrected chi connectivity index (χ1v) is 16.2. The fourth-order valence-electron chi connectivity index (χ4n) is 5.05. The van der Waals surface area contributed by atoms with E-state index in [9.17, 15) is 24.0 Å². The SMILES string of the molecule is COc1ccc2c(Oc3ccc(NC(=O)c4c(C)n(C[C@@H](C)OC(=O)[C@H](C)N)n(-c5ccccc5)c4=O)cc3F)ccnc2c1.O=C(O)CCC(=O)O. The van der Waals surface area contributed by atoms with Gasteiger partial charge in [0, 0.05) is 29.4 Å². The maximum Gasteiger partial charge on any atom is 0.322 e. The second-order valence-corrected chi connectivity index (χ2v) is 11.7. The quantitative estimate of drug-likeness (QED) is 0.119. The first-order valence-electron chi connectivity index (χ1n) is 16.2. The number of fused-ring (bicyclic) bond motifs is 1. The summed E-state index contributed by atoms with van der Waals surface area (Å²) in [5, 5.41) is 19.1. The van der Waals surface area contributed by atoms with E-state index in [1.807, 2.05) is 0 Å². The average Bonchev–Trinajstić information content (AvgIpc) is 3.36. The topological polar surface area (TPSA) is 214 Å². The Morgan fingerprint density at radius 2 is 1.62 bits per heavy atom. The number of benzene rings is 3. The minimum atomic E-state index is -1.08. The number of nitrogens with two attached hydrogens (primary N) is 1. The summed E-state index contributed by atoms with van der Waals surface area (Å²) in [4.78, 5) is 62.8. The molecule has 0 aliphatic rings. The number of aliphatic carboxylic acids is 2. The van der Waals surface area contributed by atoms with Gasteiger partial charge in [-0.2, -0.15) is 0 Å². The van der Waals surface area contributed by atoms with E-state index in [1.165, 1.54) is 23.7 Å². The predicted octanol–water partition coefficient (Wildman–Crippen LogP) is 4.90. The van der Waals surface area contributed by atoms with Crippen LogP contribution in [0.1, 0.15) is 42.7 Å². The van der Waals surface area contributed by atoms with Crippen molar-refractivity contribution >= 4 is 40.4 Å². The van der Waals surface area contributed by atoms with Crippen LogP contribution in [0.25, 0.3) is 16.6 Å². The number of methoxy groups -OCH3 is 1. The van der Waals surface area contributed by atoms with Crippen molar-refractivity contribution in [2.45, 2.75) is 52.3 Å². The van der Waals surface area contributed by atoms with Crippen LogP contribution >= 0.6 is 0 Å². The van der Waals surface area contributed by atoms with Crippen LogP contribution in [0.2, 0.25) is 0 Å². The van der Waals surface area contributed by atoms with Crippen LogP contribution in [-0.4, -0.2) is 67.6 Å². The van der Waals surface area contributed by atoms with Gasteiger partial charge in [-0.05, 0) is 63.2 Å². The molecule has 5 N–H and O–H groups in total. The Labute approximate surface area is 302 Å².